The van der Waals surface area contributed by atoms with Crippen LogP contribution in [0.15, 0.2) is 12.1 Å². The Morgan fingerprint density at radius 2 is 1.89 bits per heavy atom. The third kappa shape index (κ3) is 4.88. The van der Waals surface area contributed by atoms with Crippen LogP contribution in [0.5, 0.6) is 0 Å². The molecule has 0 unspecified atom stereocenters. The van der Waals surface area contributed by atoms with Crippen molar-refractivity contribution < 1.29 is 4.74 Å². The van der Waals surface area contributed by atoms with Crippen LogP contribution < -0.4 is 5.32 Å². The van der Waals surface area contributed by atoms with Crippen LogP contribution >= 0.6 is 11.3 Å². The lowest BCUT2D eigenvalue weighted by Crippen LogP contribution is -2.44. The summed E-state index contributed by atoms with van der Waals surface area (Å²) in [6.45, 7) is 12.8. The molecule has 1 aromatic rings. The monoisotopic (exact) mass is 282 g/mol. The standard InChI is InChI=1S/C15H26N2OS/c1-11(2)16-7-14-5-6-15(19-14)10-17-8-12(3)18-13(4)9-17/h5-6,11-13,16H,7-10H2,1-4H3/t12-,13+. The lowest BCUT2D eigenvalue weighted by Gasteiger charge is -2.34. The van der Waals surface area contributed by atoms with Crippen molar-refractivity contribution >= 4 is 11.3 Å². The molecule has 4 heteroatoms. The topological polar surface area (TPSA) is 24.5 Å². The van der Waals surface area contributed by atoms with Crippen molar-refractivity contribution in [2.24, 2.45) is 0 Å². The molecule has 0 amide bonds. The summed E-state index contributed by atoms with van der Waals surface area (Å²) in [6.07, 6.45) is 0.705. The zero-order valence-electron chi connectivity index (χ0n) is 12.5. The Kier molecular flexibility index (Phi) is 5.39. The van der Waals surface area contributed by atoms with Crippen LogP contribution in [-0.2, 0) is 17.8 Å². The highest BCUT2D eigenvalue weighted by molar-refractivity contribution is 7.11. The number of thiophene rings is 1. The van der Waals surface area contributed by atoms with Crippen molar-refractivity contribution in [3.8, 4) is 0 Å². The van der Waals surface area contributed by atoms with Gasteiger partial charge >= 0.3 is 0 Å². The number of nitrogens with zero attached hydrogens (tertiary/aromatic N) is 1. The SMILES string of the molecule is CC(C)NCc1ccc(CN2C[C@@H](C)O[C@@H](C)C2)s1. The number of rotatable bonds is 5. The van der Waals surface area contributed by atoms with E-state index in [0.29, 0.717) is 18.2 Å². The Morgan fingerprint density at radius 1 is 1.26 bits per heavy atom. The summed E-state index contributed by atoms with van der Waals surface area (Å²) in [7, 11) is 0. The van der Waals surface area contributed by atoms with Crippen molar-refractivity contribution in [2.75, 3.05) is 13.1 Å². The molecule has 0 saturated carbocycles. The van der Waals surface area contributed by atoms with Gasteiger partial charge in [0.2, 0.25) is 0 Å². The molecule has 1 aromatic heterocycles. The van der Waals surface area contributed by atoms with Crippen molar-refractivity contribution in [2.45, 2.75) is 59.0 Å². The molecule has 3 nitrogen and oxygen atoms in total. The molecule has 1 N–H and O–H groups in total. The minimum Gasteiger partial charge on any atom is -0.373 e. The molecule has 0 radical (unpaired) electrons. The van der Waals surface area contributed by atoms with Gasteiger partial charge in [0.25, 0.3) is 0 Å². The van der Waals surface area contributed by atoms with Crippen LogP contribution in [0.1, 0.15) is 37.4 Å². The molecule has 19 heavy (non-hydrogen) atoms. The summed E-state index contributed by atoms with van der Waals surface area (Å²) in [5, 5.41) is 3.47. The third-order valence-electron chi connectivity index (χ3n) is 3.28. The van der Waals surface area contributed by atoms with E-state index in [9.17, 15) is 0 Å². The number of hydrogen-bond donors (Lipinski definition) is 1. The maximum absolute atomic E-state index is 5.78. The van der Waals surface area contributed by atoms with Gasteiger partial charge < -0.3 is 10.1 Å². The molecule has 1 fully saturated rings. The fraction of sp³-hybridized carbons (Fsp3) is 0.733. The van der Waals surface area contributed by atoms with Crippen molar-refractivity contribution in [3.63, 3.8) is 0 Å². The minimum absolute atomic E-state index is 0.353. The number of ether oxygens (including phenoxy) is 1. The van der Waals surface area contributed by atoms with Crippen LogP contribution in [0.2, 0.25) is 0 Å². The average molecular weight is 282 g/mol. The van der Waals surface area contributed by atoms with Crippen molar-refractivity contribution in [3.05, 3.63) is 21.9 Å². The van der Waals surface area contributed by atoms with Gasteiger partial charge in [0.15, 0.2) is 0 Å². The highest BCUT2D eigenvalue weighted by atomic mass is 32.1. The van der Waals surface area contributed by atoms with E-state index >= 15 is 0 Å². The molecule has 0 bridgehead atoms. The van der Waals surface area contributed by atoms with E-state index in [1.807, 2.05) is 11.3 Å². The Morgan fingerprint density at radius 3 is 2.53 bits per heavy atom. The summed E-state index contributed by atoms with van der Waals surface area (Å²) in [6, 6.07) is 5.07. The molecule has 0 aliphatic carbocycles. The molecule has 108 valence electrons. The fourth-order valence-electron chi connectivity index (χ4n) is 2.54. The van der Waals surface area contributed by atoms with Crippen LogP contribution in [0, 0.1) is 0 Å². The van der Waals surface area contributed by atoms with Crippen LogP contribution in [-0.4, -0.2) is 36.2 Å². The van der Waals surface area contributed by atoms with Gasteiger partial charge in [0.1, 0.15) is 0 Å². The van der Waals surface area contributed by atoms with Crippen molar-refractivity contribution in [1.82, 2.24) is 10.2 Å². The van der Waals surface area contributed by atoms with Gasteiger partial charge in [0.05, 0.1) is 12.2 Å². The normalized spacial score (nSPS) is 25.1. The molecule has 2 rings (SSSR count). The molecule has 2 atom stereocenters. The van der Waals surface area contributed by atoms with Crippen LogP contribution in [0.3, 0.4) is 0 Å². The number of hydrogen-bond acceptors (Lipinski definition) is 4. The summed E-state index contributed by atoms with van der Waals surface area (Å²) in [4.78, 5) is 5.39. The summed E-state index contributed by atoms with van der Waals surface area (Å²) in [5.74, 6) is 0. The van der Waals surface area contributed by atoms with Gasteiger partial charge in [-0.2, -0.15) is 0 Å². The molecule has 0 spiro atoms. The zero-order chi connectivity index (χ0) is 13.8. The van der Waals surface area contributed by atoms with E-state index in [2.05, 4.69) is 50.0 Å². The molecule has 1 aliphatic heterocycles. The summed E-state index contributed by atoms with van der Waals surface area (Å²) < 4.78 is 5.78. The summed E-state index contributed by atoms with van der Waals surface area (Å²) in [5.41, 5.74) is 0. The maximum atomic E-state index is 5.78. The molecular weight excluding hydrogens is 256 g/mol. The van der Waals surface area contributed by atoms with Gasteiger partial charge in [-0.1, -0.05) is 13.8 Å². The molecule has 1 saturated heterocycles. The second kappa shape index (κ2) is 6.84. The van der Waals surface area contributed by atoms with Gasteiger partial charge in [0, 0.05) is 42.0 Å². The maximum Gasteiger partial charge on any atom is 0.0678 e. The first-order chi connectivity index (χ1) is 9.02. The first kappa shape index (κ1) is 15.0. The molecule has 0 aromatic carbocycles. The Hall–Kier alpha value is -0.420. The van der Waals surface area contributed by atoms with E-state index in [4.69, 9.17) is 4.74 Å². The lowest BCUT2D eigenvalue weighted by atomic mass is 10.2. The minimum atomic E-state index is 0.353. The third-order valence-corrected chi connectivity index (χ3v) is 4.35. The smallest absolute Gasteiger partial charge is 0.0678 e. The van der Waals surface area contributed by atoms with E-state index in [1.165, 1.54) is 9.75 Å². The first-order valence-corrected chi connectivity index (χ1v) is 8.03. The lowest BCUT2D eigenvalue weighted by molar-refractivity contribution is -0.0702. The van der Waals surface area contributed by atoms with Crippen LogP contribution in [0.25, 0.3) is 0 Å². The highest BCUT2D eigenvalue weighted by Gasteiger charge is 2.22. The van der Waals surface area contributed by atoms with Crippen molar-refractivity contribution in [1.29, 1.82) is 0 Å². The second-order valence-electron chi connectivity index (χ2n) is 5.86. The van der Waals surface area contributed by atoms with Gasteiger partial charge in [-0.25, -0.2) is 0 Å². The average Bonchev–Trinajstić information content (AvgIpc) is 2.72. The second-order valence-corrected chi connectivity index (χ2v) is 7.11. The fourth-order valence-corrected chi connectivity index (χ4v) is 3.55. The predicted octanol–water partition coefficient (Wildman–Crippen LogP) is 2.86. The zero-order valence-corrected chi connectivity index (χ0v) is 13.3. The van der Waals surface area contributed by atoms with E-state index in [1.54, 1.807) is 0 Å². The molecule has 1 aliphatic rings. The quantitative estimate of drug-likeness (QED) is 0.899. The van der Waals surface area contributed by atoms with Gasteiger partial charge in [-0.15, -0.1) is 11.3 Å². The summed E-state index contributed by atoms with van der Waals surface area (Å²) >= 11 is 1.93. The number of nitrogens with one attached hydrogen (secondary N) is 1. The molecule has 2 heterocycles. The largest absolute Gasteiger partial charge is 0.373 e. The Balaban J connectivity index is 1.85. The Labute approximate surface area is 121 Å². The predicted molar refractivity (Wildman–Crippen MR) is 81.6 cm³/mol. The number of morpholine rings is 1. The first-order valence-electron chi connectivity index (χ1n) is 7.21. The molecular formula is C15H26N2OS. The van der Waals surface area contributed by atoms with E-state index in [-0.39, 0.29) is 0 Å². The van der Waals surface area contributed by atoms with Gasteiger partial charge in [-0.3, -0.25) is 4.90 Å². The van der Waals surface area contributed by atoms with E-state index < -0.39 is 0 Å². The highest BCUT2D eigenvalue weighted by Crippen LogP contribution is 2.20. The van der Waals surface area contributed by atoms with Crippen LogP contribution in [0.4, 0.5) is 0 Å². The Bertz CT molecular complexity index is 381. The van der Waals surface area contributed by atoms with E-state index in [0.717, 1.165) is 26.2 Å². The van der Waals surface area contributed by atoms with Gasteiger partial charge in [-0.05, 0) is 26.0 Å².